The molecular weight excluding hydrogens is 372 g/mol. The van der Waals surface area contributed by atoms with Crippen molar-refractivity contribution >= 4 is 33.0 Å². The van der Waals surface area contributed by atoms with Gasteiger partial charge in [-0.15, -0.1) is 0 Å². The lowest BCUT2D eigenvalue weighted by Gasteiger charge is -2.05. The molecule has 0 aliphatic heterocycles. The Morgan fingerprint density at radius 1 is 0.800 bits per heavy atom. The first-order valence-corrected chi connectivity index (χ1v) is 9.75. The monoisotopic (exact) mass is 388 g/mol. The molecule has 3 aromatic carbocycles. The van der Waals surface area contributed by atoms with Crippen molar-refractivity contribution in [3.05, 3.63) is 101 Å². The number of hydrogen-bond donors (Lipinski definition) is 1. The van der Waals surface area contributed by atoms with Crippen LogP contribution in [0.3, 0.4) is 0 Å². The first kappa shape index (κ1) is 16.7. The van der Waals surface area contributed by atoms with Gasteiger partial charge >= 0.3 is 0 Å². The second-order valence-corrected chi connectivity index (χ2v) is 7.22. The summed E-state index contributed by atoms with van der Waals surface area (Å²) in [6.07, 6.45) is 0. The van der Waals surface area contributed by atoms with Crippen molar-refractivity contribution < 1.29 is 0 Å². The van der Waals surface area contributed by atoms with Gasteiger partial charge in [-0.3, -0.25) is 4.79 Å². The minimum Gasteiger partial charge on any atom is -0.324 e. The Balaban J connectivity index is 1.79. The number of H-pyrrole nitrogens is 1. The zero-order chi connectivity index (χ0) is 20.1. The summed E-state index contributed by atoms with van der Waals surface area (Å²) in [5.74, 6) is 0. The lowest BCUT2D eigenvalue weighted by Crippen LogP contribution is -2.07. The van der Waals surface area contributed by atoms with Crippen LogP contribution in [0.2, 0.25) is 0 Å². The van der Waals surface area contributed by atoms with Crippen molar-refractivity contribution in [3.8, 4) is 16.9 Å². The van der Waals surface area contributed by atoms with E-state index in [4.69, 9.17) is 10.1 Å². The Bertz CT molecular complexity index is 1600. The standard InChI is InChI=1S/C25H16N4O/c30-23-19-15-17-11-7-8-14-20(17)26-24(19)27-25-21(23)22(16-9-3-1-4-10-16)28-29(25)18-12-5-2-6-13-18/h1-15H,(H,26,27,30). The lowest BCUT2D eigenvalue weighted by molar-refractivity contribution is 0.902. The van der Waals surface area contributed by atoms with Gasteiger partial charge in [0.15, 0.2) is 0 Å². The van der Waals surface area contributed by atoms with Gasteiger partial charge in [0.05, 0.1) is 22.0 Å². The van der Waals surface area contributed by atoms with Crippen LogP contribution in [0.4, 0.5) is 0 Å². The number of benzene rings is 3. The Labute approximate surface area is 171 Å². The summed E-state index contributed by atoms with van der Waals surface area (Å²) in [5, 5.41) is 6.90. The zero-order valence-electron chi connectivity index (χ0n) is 15.9. The number of rotatable bonds is 2. The Kier molecular flexibility index (Phi) is 3.55. The second-order valence-electron chi connectivity index (χ2n) is 7.22. The molecule has 0 unspecified atom stereocenters. The largest absolute Gasteiger partial charge is 0.324 e. The Morgan fingerprint density at radius 3 is 2.30 bits per heavy atom. The molecule has 0 spiro atoms. The van der Waals surface area contributed by atoms with Gasteiger partial charge in [0.25, 0.3) is 0 Å². The molecule has 3 heterocycles. The van der Waals surface area contributed by atoms with E-state index < -0.39 is 0 Å². The van der Waals surface area contributed by atoms with Crippen molar-refractivity contribution in [1.29, 1.82) is 0 Å². The average molecular weight is 388 g/mol. The topological polar surface area (TPSA) is 63.6 Å². The van der Waals surface area contributed by atoms with Gasteiger partial charge in [0.2, 0.25) is 5.43 Å². The van der Waals surface area contributed by atoms with E-state index in [-0.39, 0.29) is 5.43 Å². The minimum absolute atomic E-state index is 0.0713. The van der Waals surface area contributed by atoms with Crippen molar-refractivity contribution in [2.45, 2.75) is 0 Å². The summed E-state index contributed by atoms with van der Waals surface area (Å²) in [5.41, 5.74) is 4.40. The van der Waals surface area contributed by atoms with Crippen LogP contribution in [-0.2, 0) is 0 Å². The summed E-state index contributed by atoms with van der Waals surface area (Å²) in [4.78, 5) is 21.8. The molecule has 5 heteroatoms. The molecule has 0 atom stereocenters. The first-order valence-electron chi connectivity index (χ1n) is 9.75. The highest BCUT2D eigenvalue weighted by atomic mass is 16.1. The maximum atomic E-state index is 13.7. The van der Waals surface area contributed by atoms with Crippen LogP contribution in [-0.4, -0.2) is 19.7 Å². The number of fused-ring (bicyclic) bond motifs is 3. The minimum atomic E-state index is -0.0713. The highest BCUT2D eigenvalue weighted by molar-refractivity contribution is 6.01. The molecule has 0 radical (unpaired) electrons. The van der Waals surface area contributed by atoms with Gasteiger partial charge in [0.1, 0.15) is 17.0 Å². The third-order valence-corrected chi connectivity index (χ3v) is 5.37. The van der Waals surface area contributed by atoms with Crippen LogP contribution < -0.4 is 5.43 Å². The van der Waals surface area contributed by atoms with Crippen LogP contribution >= 0.6 is 0 Å². The molecule has 0 saturated heterocycles. The van der Waals surface area contributed by atoms with E-state index in [9.17, 15) is 4.79 Å². The highest BCUT2D eigenvalue weighted by Crippen LogP contribution is 2.28. The van der Waals surface area contributed by atoms with E-state index in [0.29, 0.717) is 27.8 Å². The molecule has 1 N–H and O–H groups in total. The van der Waals surface area contributed by atoms with Crippen molar-refractivity contribution in [2.24, 2.45) is 0 Å². The maximum Gasteiger partial charge on any atom is 0.202 e. The molecule has 0 amide bonds. The Morgan fingerprint density at radius 2 is 1.50 bits per heavy atom. The van der Waals surface area contributed by atoms with Crippen LogP contribution in [0.15, 0.2) is 95.8 Å². The molecule has 0 saturated carbocycles. The van der Waals surface area contributed by atoms with Gasteiger partial charge in [-0.25, -0.2) is 9.67 Å². The molecule has 142 valence electrons. The third kappa shape index (κ3) is 2.46. The molecule has 0 bridgehead atoms. The molecule has 30 heavy (non-hydrogen) atoms. The molecule has 0 aliphatic rings. The van der Waals surface area contributed by atoms with Gasteiger partial charge in [-0.05, 0) is 24.3 Å². The number of nitrogens with one attached hydrogen (secondary N) is 1. The second kappa shape index (κ2) is 6.39. The highest BCUT2D eigenvalue weighted by Gasteiger charge is 2.19. The van der Waals surface area contributed by atoms with Crippen LogP contribution in [0, 0.1) is 0 Å². The van der Waals surface area contributed by atoms with Gasteiger partial charge in [-0.1, -0.05) is 66.7 Å². The number of nitrogens with zero attached hydrogens (tertiary/aromatic N) is 3. The fourth-order valence-corrected chi connectivity index (χ4v) is 3.93. The molecule has 3 aromatic heterocycles. The van der Waals surface area contributed by atoms with E-state index in [2.05, 4.69) is 4.98 Å². The number of aromatic amines is 1. The molecular formula is C25H16N4O. The summed E-state index contributed by atoms with van der Waals surface area (Å²) in [6.45, 7) is 0. The van der Waals surface area contributed by atoms with Crippen LogP contribution in [0.25, 0.3) is 49.9 Å². The predicted molar refractivity (Wildman–Crippen MR) is 120 cm³/mol. The number of para-hydroxylation sites is 2. The quantitative estimate of drug-likeness (QED) is 0.421. The number of hydrogen-bond acceptors (Lipinski definition) is 3. The molecule has 0 fully saturated rings. The normalized spacial score (nSPS) is 11.5. The van der Waals surface area contributed by atoms with E-state index in [1.807, 2.05) is 91.0 Å². The summed E-state index contributed by atoms with van der Waals surface area (Å²) >= 11 is 0. The van der Waals surface area contributed by atoms with E-state index in [1.54, 1.807) is 4.68 Å². The van der Waals surface area contributed by atoms with Crippen molar-refractivity contribution in [2.75, 3.05) is 0 Å². The molecule has 5 nitrogen and oxygen atoms in total. The van der Waals surface area contributed by atoms with Crippen molar-refractivity contribution in [1.82, 2.24) is 19.7 Å². The van der Waals surface area contributed by atoms with Gasteiger partial charge < -0.3 is 4.98 Å². The summed E-state index contributed by atoms with van der Waals surface area (Å²) in [6, 6.07) is 29.3. The first-order chi connectivity index (χ1) is 14.8. The average Bonchev–Trinajstić information content (AvgIpc) is 3.19. The fraction of sp³-hybridized carbons (Fsp3) is 0. The van der Waals surface area contributed by atoms with E-state index in [1.165, 1.54) is 0 Å². The molecule has 6 rings (SSSR count). The maximum absolute atomic E-state index is 13.7. The SMILES string of the molecule is O=c1c2cc3ccccc3nc2[nH]c2c1c(-c1ccccc1)nn2-c1ccccc1. The van der Waals surface area contributed by atoms with Crippen LogP contribution in [0.5, 0.6) is 0 Å². The van der Waals surface area contributed by atoms with E-state index in [0.717, 1.165) is 22.2 Å². The van der Waals surface area contributed by atoms with Gasteiger partial charge in [-0.2, -0.15) is 5.10 Å². The van der Waals surface area contributed by atoms with E-state index >= 15 is 0 Å². The lowest BCUT2D eigenvalue weighted by atomic mass is 10.1. The summed E-state index contributed by atoms with van der Waals surface area (Å²) < 4.78 is 1.79. The summed E-state index contributed by atoms with van der Waals surface area (Å²) in [7, 11) is 0. The molecule has 6 aromatic rings. The third-order valence-electron chi connectivity index (χ3n) is 5.37. The van der Waals surface area contributed by atoms with Crippen LogP contribution in [0.1, 0.15) is 0 Å². The predicted octanol–water partition coefficient (Wildman–Crippen LogP) is 5.08. The smallest absolute Gasteiger partial charge is 0.202 e. The molecule has 0 aliphatic carbocycles. The Hall–Kier alpha value is -4.25. The number of pyridine rings is 2. The number of aromatic nitrogens is 4. The zero-order valence-corrected chi connectivity index (χ0v) is 15.9. The fourth-order valence-electron chi connectivity index (χ4n) is 3.93. The van der Waals surface area contributed by atoms with Crippen molar-refractivity contribution in [3.63, 3.8) is 0 Å². The van der Waals surface area contributed by atoms with Gasteiger partial charge in [0, 0.05) is 10.9 Å².